The third-order valence-corrected chi connectivity index (χ3v) is 4.42. The fourth-order valence-corrected chi connectivity index (χ4v) is 2.85. The van der Waals surface area contributed by atoms with Crippen LogP contribution in [0.1, 0.15) is 32.9 Å². The quantitative estimate of drug-likeness (QED) is 0.656. The van der Waals surface area contributed by atoms with Gasteiger partial charge in [-0.2, -0.15) is 0 Å². The van der Waals surface area contributed by atoms with Gasteiger partial charge >= 0.3 is 0 Å². The van der Waals surface area contributed by atoms with Crippen molar-refractivity contribution >= 4 is 11.9 Å². The summed E-state index contributed by atoms with van der Waals surface area (Å²) in [6, 6.07) is 16.2. The number of rotatable bonds is 7. The van der Waals surface area contributed by atoms with Crippen molar-refractivity contribution in [2.24, 2.45) is 0 Å². The lowest BCUT2D eigenvalue weighted by molar-refractivity contribution is 0.0945. The van der Waals surface area contributed by atoms with Gasteiger partial charge in [-0.1, -0.05) is 42.5 Å². The molecule has 0 fully saturated rings. The van der Waals surface area contributed by atoms with E-state index in [0.717, 1.165) is 11.1 Å². The third kappa shape index (κ3) is 5.13. The van der Waals surface area contributed by atoms with E-state index in [4.69, 9.17) is 0 Å². The SMILES string of the molecule is Cc1cc(C(=O)NCc2ccccc2C)nc(NCCc2ccccc2F)n1. The molecule has 28 heavy (non-hydrogen) atoms. The number of anilines is 1. The summed E-state index contributed by atoms with van der Waals surface area (Å²) >= 11 is 0. The number of carbonyl (C=O) groups is 1. The predicted octanol–water partition coefficient (Wildman–Crippen LogP) is 3.82. The molecule has 1 amide bonds. The Kier molecular flexibility index (Phi) is 6.32. The van der Waals surface area contributed by atoms with Crippen LogP contribution < -0.4 is 10.6 Å². The summed E-state index contributed by atoms with van der Waals surface area (Å²) in [5, 5.41) is 5.96. The molecule has 0 aliphatic heterocycles. The molecule has 5 nitrogen and oxygen atoms in total. The molecule has 2 aromatic carbocycles. The van der Waals surface area contributed by atoms with Crippen LogP contribution in [0.25, 0.3) is 0 Å². The maximum absolute atomic E-state index is 13.7. The zero-order valence-electron chi connectivity index (χ0n) is 16.0. The first kappa shape index (κ1) is 19.5. The second-order valence-electron chi connectivity index (χ2n) is 6.60. The Hall–Kier alpha value is -3.28. The lowest BCUT2D eigenvalue weighted by Crippen LogP contribution is -2.25. The van der Waals surface area contributed by atoms with Crippen molar-refractivity contribution in [1.82, 2.24) is 15.3 Å². The fraction of sp³-hybridized carbons (Fsp3) is 0.227. The molecule has 0 spiro atoms. The minimum atomic E-state index is -0.258. The number of aryl methyl sites for hydroxylation is 2. The standard InChI is InChI=1S/C22H23FN4O/c1-15-7-3-4-9-18(15)14-25-21(28)20-13-16(2)26-22(27-20)24-12-11-17-8-5-6-10-19(17)23/h3-10,13H,11-12,14H2,1-2H3,(H,25,28)(H,24,26,27). The van der Waals surface area contributed by atoms with Gasteiger partial charge in [-0.15, -0.1) is 0 Å². The Bertz CT molecular complexity index is 974. The van der Waals surface area contributed by atoms with E-state index in [1.165, 1.54) is 6.07 Å². The normalized spacial score (nSPS) is 10.5. The number of hydrogen-bond donors (Lipinski definition) is 2. The maximum Gasteiger partial charge on any atom is 0.270 e. The van der Waals surface area contributed by atoms with Gasteiger partial charge in [-0.05, 0) is 49.1 Å². The van der Waals surface area contributed by atoms with Crippen molar-refractivity contribution in [3.05, 3.63) is 88.5 Å². The molecule has 0 radical (unpaired) electrons. The monoisotopic (exact) mass is 378 g/mol. The van der Waals surface area contributed by atoms with Crippen LogP contribution in [0, 0.1) is 19.7 Å². The molecule has 0 saturated heterocycles. The number of benzene rings is 2. The van der Waals surface area contributed by atoms with E-state index in [1.807, 2.05) is 38.1 Å². The van der Waals surface area contributed by atoms with E-state index in [-0.39, 0.29) is 11.7 Å². The summed E-state index contributed by atoms with van der Waals surface area (Å²) in [6.07, 6.45) is 0.499. The number of carbonyl (C=O) groups excluding carboxylic acids is 1. The van der Waals surface area contributed by atoms with Crippen LogP contribution >= 0.6 is 0 Å². The molecule has 1 heterocycles. The highest BCUT2D eigenvalue weighted by molar-refractivity contribution is 5.92. The third-order valence-electron chi connectivity index (χ3n) is 4.42. The zero-order valence-corrected chi connectivity index (χ0v) is 16.0. The first-order valence-electron chi connectivity index (χ1n) is 9.18. The largest absolute Gasteiger partial charge is 0.354 e. The van der Waals surface area contributed by atoms with Gasteiger partial charge in [-0.25, -0.2) is 14.4 Å². The van der Waals surface area contributed by atoms with Crippen LogP contribution in [0.3, 0.4) is 0 Å². The predicted molar refractivity (Wildman–Crippen MR) is 108 cm³/mol. The molecule has 2 N–H and O–H groups in total. The fourth-order valence-electron chi connectivity index (χ4n) is 2.85. The first-order valence-corrected chi connectivity index (χ1v) is 9.18. The number of amides is 1. The van der Waals surface area contributed by atoms with Gasteiger partial charge in [0.2, 0.25) is 5.95 Å². The Balaban J connectivity index is 1.61. The number of nitrogens with one attached hydrogen (secondary N) is 2. The molecular weight excluding hydrogens is 355 g/mol. The van der Waals surface area contributed by atoms with Gasteiger partial charge in [0.25, 0.3) is 5.91 Å². The second kappa shape index (κ2) is 9.08. The summed E-state index contributed by atoms with van der Waals surface area (Å²) in [7, 11) is 0. The van der Waals surface area contributed by atoms with Crippen molar-refractivity contribution in [2.45, 2.75) is 26.8 Å². The van der Waals surface area contributed by atoms with Crippen LogP contribution in [0.15, 0.2) is 54.6 Å². The lowest BCUT2D eigenvalue weighted by atomic mass is 10.1. The van der Waals surface area contributed by atoms with Crippen molar-refractivity contribution in [3.63, 3.8) is 0 Å². The van der Waals surface area contributed by atoms with Gasteiger partial charge in [0.15, 0.2) is 0 Å². The Morgan fingerprint density at radius 1 is 1.00 bits per heavy atom. The Morgan fingerprint density at radius 2 is 1.71 bits per heavy atom. The van der Waals surface area contributed by atoms with Crippen LogP contribution in [-0.4, -0.2) is 22.4 Å². The molecule has 1 aromatic heterocycles. The van der Waals surface area contributed by atoms with Crippen molar-refractivity contribution in [2.75, 3.05) is 11.9 Å². The molecule has 144 valence electrons. The molecule has 0 aliphatic rings. The summed E-state index contributed by atoms with van der Waals surface area (Å²) in [6.45, 7) is 4.72. The molecular formula is C22H23FN4O. The smallest absolute Gasteiger partial charge is 0.270 e. The highest BCUT2D eigenvalue weighted by Gasteiger charge is 2.11. The van der Waals surface area contributed by atoms with Crippen LogP contribution in [0.5, 0.6) is 0 Å². The van der Waals surface area contributed by atoms with Gasteiger partial charge in [0.05, 0.1) is 0 Å². The van der Waals surface area contributed by atoms with E-state index in [9.17, 15) is 9.18 Å². The summed E-state index contributed by atoms with van der Waals surface area (Å²) in [4.78, 5) is 21.1. The van der Waals surface area contributed by atoms with Crippen molar-refractivity contribution < 1.29 is 9.18 Å². The van der Waals surface area contributed by atoms with Crippen LogP contribution in [0.4, 0.5) is 10.3 Å². The van der Waals surface area contributed by atoms with E-state index < -0.39 is 0 Å². The summed E-state index contributed by atoms with van der Waals surface area (Å²) < 4.78 is 13.7. The molecule has 0 saturated carbocycles. The van der Waals surface area contributed by atoms with Gasteiger partial charge in [0.1, 0.15) is 11.5 Å². The molecule has 6 heteroatoms. The summed E-state index contributed by atoms with van der Waals surface area (Å²) in [5.41, 5.74) is 3.79. The first-order chi connectivity index (χ1) is 13.5. The Labute approximate surface area is 164 Å². The van der Waals surface area contributed by atoms with E-state index in [2.05, 4.69) is 20.6 Å². The van der Waals surface area contributed by atoms with Gasteiger partial charge in [-0.3, -0.25) is 4.79 Å². The molecule has 0 unspecified atom stereocenters. The van der Waals surface area contributed by atoms with Gasteiger partial charge < -0.3 is 10.6 Å². The molecule has 3 aromatic rings. The molecule has 3 rings (SSSR count). The molecule has 0 aliphatic carbocycles. The zero-order chi connectivity index (χ0) is 19.9. The Morgan fingerprint density at radius 3 is 2.46 bits per heavy atom. The van der Waals surface area contributed by atoms with E-state index in [0.29, 0.717) is 42.4 Å². The van der Waals surface area contributed by atoms with Crippen LogP contribution in [-0.2, 0) is 13.0 Å². The molecule has 0 atom stereocenters. The van der Waals surface area contributed by atoms with E-state index >= 15 is 0 Å². The lowest BCUT2D eigenvalue weighted by Gasteiger charge is -2.10. The van der Waals surface area contributed by atoms with Crippen molar-refractivity contribution in [1.29, 1.82) is 0 Å². The second-order valence-corrected chi connectivity index (χ2v) is 6.60. The van der Waals surface area contributed by atoms with Crippen molar-refractivity contribution in [3.8, 4) is 0 Å². The number of halogens is 1. The maximum atomic E-state index is 13.7. The number of nitrogens with zero attached hydrogens (tertiary/aromatic N) is 2. The topological polar surface area (TPSA) is 66.9 Å². The van der Waals surface area contributed by atoms with Crippen LogP contribution in [0.2, 0.25) is 0 Å². The number of aromatic nitrogens is 2. The number of hydrogen-bond acceptors (Lipinski definition) is 4. The van der Waals surface area contributed by atoms with Gasteiger partial charge in [0, 0.05) is 18.8 Å². The highest BCUT2D eigenvalue weighted by atomic mass is 19.1. The minimum absolute atomic E-state index is 0.231. The minimum Gasteiger partial charge on any atom is -0.354 e. The highest BCUT2D eigenvalue weighted by Crippen LogP contribution is 2.10. The molecule has 0 bridgehead atoms. The van der Waals surface area contributed by atoms with E-state index in [1.54, 1.807) is 24.3 Å². The average Bonchev–Trinajstić information content (AvgIpc) is 2.68. The average molecular weight is 378 g/mol. The summed E-state index contributed by atoms with van der Waals surface area (Å²) in [5.74, 6) is -0.131.